The van der Waals surface area contributed by atoms with Crippen LogP contribution in [0.1, 0.15) is 17.5 Å². The molecule has 0 spiro atoms. The fraction of sp³-hybridized carbons (Fsp3) is 0.368. The molecule has 1 aliphatic rings. The normalized spacial score (nSPS) is 14.3. The molecule has 0 saturated carbocycles. The Morgan fingerprint density at radius 1 is 1.19 bits per heavy atom. The molecule has 148 valence electrons. The topological polar surface area (TPSA) is 58.6 Å². The Kier molecular flexibility index (Phi) is 8.12. The fourth-order valence-corrected chi connectivity index (χ4v) is 4.97. The maximum atomic E-state index is 12.6. The monoisotopic (exact) mass is 474 g/mol. The van der Waals surface area contributed by atoms with Crippen LogP contribution in [0.2, 0.25) is 0 Å². The molecule has 2 aromatic rings. The van der Waals surface area contributed by atoms with E-state index in [1.807, 2.05) is 0 Å². The van der Waals surface area contributed by atoms with Crippen molar-refractivity contribution in [1.29, 1.82) is 0 Å². The molecule has 1 heterocycles. The van der Waals surface area contributed by atoms with Crippen LogP contribution in [0, 0.1) is 0 Å². The Bertz CT molecular complexity index is 877. The van der Waals surface area contributed by atoms with Gasteiger partial charge in [0, 0.05) is 24.1 Å². The quantitative estimate of drug-likeness (QED) is 0.622. The zero-order valence-corrected chi connectivity index (χ0v) is 18.4. The summed E-state index contributed by atoms with van der Waals surface area (Å²) >= 11 is 3.31. The van der Waals surface area contributed by atoms with Crippen LogP contribution in [0.3, 0.4) is 0 Å². The highest BCUT2D eigenvalue weighted by atomic mass is 79.9. The van der Waals surface area contributed by atoms with Crippen molar-refractivity contribution in [2.45, 2.75) is 24.3 Å². The van der Waals surface area contributed by atoms with Crippen LogP contribution in [0.15, 0.2) is 51.8 Å². The SMILES string of the molecule is COc1ccc(Br)cc1S(=O)(=O)NCCCN1CCc2ccccc2C1.Cl. The number of nitrogens with one attached hydrogen (secondary N) is 1. The lowest BCUT2D eigenvalue weighted by atomic mass is 10.00. The van der Waals surface area contributed by atoms with Crippen molar-refractivity contribution in [3.63, 3.8) is 0 Å². The van der Waals surface area contributed by atoms with Crippen molar-refractivity contribution in [1.82, 2.24) is 9.62 Å². The third-order valence-electron chi connectivity index (χ3n) is 4.57. The molecule has 0 aromatic heterocycles. The second kappa shape index (κ2) is 9.89. The summed E-state index contributed by atoms with van der Waals surface area (Å²) in [6.07, 6.45) is 1.81. The number of sulfonamides is 1. The molecule has 1 aliphatic heterocycles. The van der Waals surface area contributed by atoms with Gasteiger partial charge in [-0.05, 0) is 48.7 Å². The summed E-state index contributed by atoms with van der Waals surface area (Å²) in [5.41, 5.74) is 2.80. The van der Waals surface area contributed by atoms with Crippen molar-refractivity contribution < 1.29 is 13.2 Å². The van der Waals surface area contributed by atoms with E-state index in [2.05, 4.69) is 49.8 Å². The minimum Gasteiger partial charge on any atom is -0.495 e. The summed E-state index contributed by atoms with van der Waals surface area (Å²) in [7, 11) is -2.13. The van der Waals surface area contributed by atoms with Gasteiger partial charge in [-0.3, -0.25) is 4.90 Å². The van der Waals surface area contributed by atoms with E-state index in [4.69, 9.17) is 4.74 Å². The van der Waals surface area contributed by atoms with Crippen molar-refractivity contribution >= 4 is 38.4 Å². The number of hydrogen-bond donors (Lipinski definition) is 1. The molecular formula is C19H24BrClN2O3S. The molecule has 0 bridgehead atoms. The van der Waals surface area contributed by atoms with Crippen LogP contribution in [-0.4, -0.2) is 40.1 Å². The molecule has 0 unspecified atom stereocenters. The molecule has 5 nitrogen and oxygen atoms in total. The largest absolute Gasteiger partial charge is 0.495 e. The van der Waals surface area contributed by atoms with Gasteiger partial charge in [0.2, 0.25) is 10.0 Å². The summed E-state index contributed by atoms with van der Waals surface area (Å²) in [5, 5.41) is 0. The number of fused-ring (bicyclic) bond motifs is 1. The van der Waals surface area contributed by atoms with E-state index in [0.29, 0.717) is 16.8 Å². The van der Waals surface area contributed by atoms with Crippen LogP contribution < -0.4 is 9.46 Å². The zero-order valence-electron chi connectivity index (χ0n) is 15.2. The molecule has 0 atom stereocenters. The predicted octanol–water partition coefficient (Wildman–Crippen LogP) is 3.61. The number of methoxy groups -OCH3 is 1. The zero-order chi connectivity index (χ0) is 18.6. The Balaban J connectivity index is 0.00000261. The average Bonchev–Trinajstić information content (AvgIpc) is 2.65. The summed E-state index contributed by atoms with van der Waals surface area (Å²) < 4.78 is 33.7. The lowest BCUT2D eigenvalue weighted by Crippen LogP contribution is -2.33. The van der Waals surface area contributed by atoms with Gasteiger partial charge in [-0.2, -0.15) is 0 Å². The molecule has 1 N–H and O–H groups in total. The van der Waals surface area contributed by atoms with Crippen LogP contribution in [0.4, 0.5) is 0 Å². The number of rotatable bonds is 7. The lowest BCUT2D eigenvalue weighted by molar-refractivity contribution is 0.251. The van der Waals surface area contributed by atoms with Crippen LogP contribution >= 0.6 is 28.3 Å². The number of halogens is 2. The van der Waals surface area contributed by atoms with Gasteiger partial charge < -0.3 is 4.74 Å². The first-order valence-corrected chi connectivity index (χ1v) is 10.9. The van der Waals surface area contributed by atoms with Gasteiger partial charge >= 0.3 is 0 Å². The van der Waals surface area contributed by atoms with Crippen molar-refractivity contribution in [3.05, 3.63) is 58.1 Å². The third kappa shape index (κ3) is 5.68. The molecule has 0 aliphatic carbocycles. The van der Waals surface area contributed by atoms with Crippen molar-refractivity contribution in [3.8, 4) is 5.75 Å². The van der Waals surface area contributed by atoms with E-state index in [0.717, 1.165) is 32.5 Å². The van der Waals surface area contributed by atoms with Gasteiger partial charge in [0.15, 0.2) is 0 Å². The van der Waals surface area contributed by atoms with E-state index in [1.165, 1.54) is 18.2 Å². The number of nitrogens with zero attached hydrogens (tertiary/aromatic N) is 1. The van der Waals surface area contributed by atoms with E-state index in [9.17, 15) is 8.42 Å². The first kappa shape index (κ1) is 22.2. The lowest BCUT2D eigenvalue weighted by Gasteiger charge is -2.28. The van der Waals surface area contributed by atoms with Gasteiger partial charge in [0.05, 0.1) is 7.11 Å². The maximum absolute atomic E-state index is 12.6. The minimum absolute atomic E-state index is 0. The van der Waals surface area contributed by atoms with Gasteiger partial charge in [-0.25, -0.2) is 13.1 Å². The average molecular weight is 476 g/mol. The summed E-state index contributed by atoms with van der Waals surface area (Å²) in [6, 6.07) is 13.5. The molecule has 8 heteroatoms. The highest BCUT2D eigenvalue weighted by molar-refractivity contribution is 9.10. The molecule has 0 radical (unpaired) electrons. The molecule has 0 fully saturated rings. The first-order chi connectivity index (χ1) is 12.5. The fourth-order valence-electron chi connectivity index (χ4n) is 3.19. The van der Waals surface area contributed by atoms with Crippen molar-refractivity contribution in [2.75, 3.05) is 26.7 Å². The standard InChI is InChI=1S/C19H23BrN2O3S.ClH/c1-25-18-8-7-17(20)13-19(18)26(23,24)21-10-4-11-22-12-9-15-5-2-3-6-16(15)14-22;/h2-3,5-8,13,21H,4,9-12,14H2,1H3;1H. The van der Waals surface area contributed by atoms with E-state index < -0.39 is 10.0 Å². The summed E-state index contributed by atoms with van der Waals surface area (Å²) in [6.45, 7) is 3.22. The highest BCUT2D eigenvalue weighted by Gasteiger charge is 2.20. The molecule has 0 amide bonds. The Morgan fingerprint density at radius 2 is 1.93 bits per heavy atom. The number of ether oxygens (including phenoxy) is 1. The van der Waals surface area contributed by atoms with Gasteiger partial charge in [0.25, 0.3) is 0 Å². The molecule has 27 heavy (non-hydrogen) atoms. The maximum Gasteiger partial charge on any atom is 0.244 e. The van der Waals surface area contributed by atoms with Crippen LogP contribution in [0.5, 0.6) is 5.75 Å². The first-order valence-electron chi connectivity index (χ1n) is 8.62. The smallest absolute Gasteiger partial charge is 0.244 e. The van der Waals surface area contributed by atoms with Crippen molar-refractivity contribution in [2.24, 2.45) is 0 Å². The van der Waals surface area contributed by atoms with E-state index in [-0.39, 0.29) is 17.3 Å². The number of hydrogen-bond acceptors (Lipinski definition) is 4. The van der Waals surface area contributed by atoms with Crippen LogP contribution in [0.25, 0.3) is 0 Å². The Hall–Kier alpha value is -1.12. The Morgan fingerprint density at radius 3 is 2.67 bits per heavy atom. The molecular weight excluding hydrogens is 452 g/mol. The predicted molar refractivity (Wildman–Crippen MR) is 113 cm³/mol. The second-order valence-electron chi connectivity index (χ2n) is 6.34. The highest BCUT2D eigenvalue weighted by Crippen LogP contribution is 2.27. The van der Waals surface area contributed by atoms with E-state index >= 15 is 0 Å². The minimum atomic E-state index is -3.60. The van der Waals surface area contributed by atoms with Gasteiger partial charge in [0.1, 0.15) is 10.6 Å². The van der Waals surface area contributed by atoms with Gasteiger partial charge in [-0.1, -0.05) is 40.2 Å². The number of benzene rings is 2. The molecule has 3 rings (SSSR count). The van der Waals surface area contributed by atoms with Gasteiger partial charge in [-0.15, -0.1) is 12.4 Å². The van der Waals surface area contributed by atoms with E-state index in [1.54, 1.807) is 18.2 Å². The third-order valence-corrected chi connectivity index (χ3v) is 6.54. The molecule has 0 saturated heterocycles. The summed E-state index contributed by atoms with van der Waals surface area (Å²) in [4.78, 5) is 2.53. The Labute approximate surface area is 175 Å². The molecule has 2 aromatic carbocycles. The second-order valence-corrected chi connectivity index (χ2v) is 8.99. The summed E-state index contributed by atoms with van der Waals surface area (Å²) in [5.74, 6) is 0.341. The van der Waals surface area contributed by atoms with Crippen LogP contribution in [-0.2, 0) is 23.0 Å².